The highest BCUT2D eigenvalue weighted by Crippen LogP contribution is 2.16. The van der Waals surface area contributed by atoms with Crippen LogP contribution < -0.4 is 5.32 Å². The third-order valence-electron chi connectivity index (χ3n) is 2.24. The van der Waals surface area contributed by atoms with Crippen LogP contribution in [-0.4, -0.2) is 37.4 Å². The summed E-state index contributed by atoms with van der Waals surface area (Å²) < 4.78 is 6.39. The van der Waals surface area contributed by atoms with Gasteiger partial charge in [-0.15, -0.1) is 0 Å². The number of aromatic carboxylic acids is 1. The number of carbonyl (C=O) groups excluding carboxylic acids is 1. The lowest BCUT2D eigenvalue weighted by molar-refractivity contribution is 0.0634. The van der Waals surface area contributed by atoms with E-state index in [2.05, 4.69) is 15.4 Å². The number of fused-ring (bicyclic) bond motifs is 1. The zero-order valence-electron chi connectivity index (χ0n) is 11.2. The summed E-state index contributed by atoms with van der Waals surface area (Å²) in [6.07, 6.45) is 3.25. The summed E-state index contributed by atoms with van der Waals surface area (Å²) in [6, 6.07) is 0. The van der Waals surface area contributed by atoms with E-state index in [9.17, 15) is 9.59 Å². The lowest BCUT2D eigenvalue weighted by Crippen LogP contribution is -2.27. The number of amides is 1. The molecule has 0 aliphatic carbocycles. The molecule has 1 amide bonds. The fourth-order valence-electron chi connectivity index (χ4n) is 1.49. The van der Waals surface area contributed by atoms with Gasteiger partial charge in [-0.2, -0.15) is 5.10 Å². The van der Waals surface area contributed by atoms with Crippen LogP contribution in [-0.2, 0) is 4.74 Å². The second kappa shape index (κ2) is 4.80. The Morgan fingerprint density at radius 2 is 2.05 bits per heavy atom. The van der Waals surface area contributed by atoms with E-state index < -0.39 is 17.7 Å². The Bertz CT molecular complexity index is 672. The molecular weight excluding hydrogens is 264 g/mol. The van der Waals surface area contributed by atoms with Crippen LogP contribution in [0, 0.1) is 0 Å². The smallest absolute Gasteiger partial charge is 0.412 e. The lowest BCUT2D eigenvalue weighted by Gasteiger charge is -2.19. The van der Waals surface area contributed by atoms with Crippen molar-refractivity contribution in [2.24, 2.45) is 0 Å². The maximum absolute atomic E-state index is 11.7. The SMILES string of the molecule is CC(C)(C)OC(=O)Nc1cnn2cc(C(=O)O)cnc12. The molecule has 0 aromatic carbocycles. The number of carbonyl (C=O) groups is 2. The van der Waals surface area contributed by atoms with Gasteiger partial charge in [0.25, 0.3) is 0 Å². The Kier molecular flexibility index (Phi) is 3.31. The lowest BCUT2D eigenvalue weighted by atomic mass is 10.2. The highest BCUT2D eigenvalue weighted by molar-refractivity contribution is 5.90. The van der Waals surface area contributed by atoms with Gasteiger partial charge in [-0.25, -0.2) is 19.1 Å². The number of nitrogens with zero attached hydrogens (tertiary/aromatic N) is 3. The first kappa shape index (κ1) is 13.8. The Balaban J connectivity index is 2.24. The van der Waals surface area contributed by atoms with Crippen LogP contribution in [0.25, 0.3) is 5.65 Å². The number of carboxylic acids is 1. The molecule has 0 spiro atoms. The molecule has 2 aromatic rings. The molecule has 8 nitrogen and oxygen atoms in total. The molecule has 0 saturated heterocycles. The molecule has 0 fully saturated rings. The van der Waals surface area contributed by atoms with Crippen molar-refractivity contribution in [2.75, 3.05) is 5.32 Å². The Morgan fingerprint density at radius 1 is 1.35 bits per heavy atom. The van der Waals surface area contributed by atoms with Gasteiger partial charge >= 0.3 is 12.1 Å². The van der Waals surface area contributed by atoms with Crippen molar-refractivity contribution >= 4 is 23.4 Å². The molecule has 2 N–H and O–H groups in total. The largest absolute Gasteiger partial charge is 0.478 e. The van der Waals surface area contributed by atoms with Crippen molar-refractivity contribution < 1.29 is 19.4 Å². The maximum Gasteiger partial charge on any atom is 0.412 e. The third-order valence-corrected chi connectivity index (χ3v) is 2.24. The molecule has 2 heterocycles. The summed E-state index contributed by atoms with van der Waals surface area (Å²) >= 11 is 0. The van der Waals surface area contributed by atoms with E-state index in [1.54, 1.807) is 20.8 Å². The van der Waals surface area contributed by atoms with Gasteiger partial charge in [0, 0.05) is 12.4 Å². The minimum Gasteiger partial charge on any atom is -0.478 e. The van der Waals surface area contributed by atoms with Gasteiger partial charge in [0.05, 0.1) is 11.8 Å². The number of hydrogen-bond donors (Lipinski definition) is 2. The zero-order chi connectivity index (χ0) is 14.9. The van der Waals surface area contributed by atoms with Crippen molar-refractivity contribution in [2.45, 2.75) is 26.4 Å². The van der Waals surface area contributed by atoms with E-state index in [-0.39, 0.29) is 5.56 Å². The minimum atomic E-state index is -1.10. The molecule has 0 bridgehead atoms. The van der Waals surface area contributed by atoms with Gasteiger partial charge in [-0.3, -0.25) is 5.32 Å². The molecule has 0 aliphatic rings. The average molecular weight is 278 g/mol. The van der Waals surface area contributed by atoms with Gasteiger partial charge in [-0.05, 0) is 20.8 Å². The summed E-state index contributed by atoms with van der Waals surface area (Å²) in [7, 11) is 0. The summed E-state index contributed by atoms with van der Waals surface area (Å²) in [5.74, 6) is -1.10. The standard InChI is InChI=1S/C12H14N4O4/c1-12(2,3)20-11(19)15-8-5-14-16-6-7(10(17)18)4-13-9(8)16/h4-6H,1-3H3,(H,15,19)(H,17,18). The first-order valence-corrected chi connectivity index (χ1v) is 5.83. The predicted molar refractivity (Wildman–Crippen MR) is 69.8 cm³/mol. The van der Waals surface area contributed by atoms with Crippen molar-refractivity contribution in [3.63, 3.8) is 0 Å². The zero-order valence-corrected chi connectivity index (χ0v) is 11.2. The molecule has 0 atom stereocenters. The number of rotatable bonds is 2. The van der Waals surface area contributed by atoms with E-state index in [0.29, 0.717) is 11.3 Å². The topological polar surface area (TPSA) is 106 Å². The van der Waals surface area contributed by atoms with Gasteiger partial charge in [0.15, 0.2) is 5.65 Å². The van der Waals surface area contributed by atoms with Crippen molar-refractivity contribution in [3.05, 3.63) is 24.2 Å². The van der Waals surface area contributed by atoms with Crippen molar-refractivity contribution in [1.29, 1.82) is 0 Å². The van der Waals surface area contributed by atoms with Gasteiger partial charge in [0.2, 0.25) is 0 Å². The normalized spacial score (nSPS) is 11.3. The molecule has 106 valence electrons. The second-order valence-electron chi connectivity index (χ2n) is 5.10. The van der Waals surface area contributed by atoms with Crippen LogP contribution >= 0.6 is 0 Å². The fourth-order valence-corrected chi connectivity index (χ4v) is 1.49. The molecule has 20 heavy (non-hydrogen) atoms. The average Bonchev–Trinajstić information content (AvgIpc) is 2.69. The molecular formula is C12H14N4O4. The Hall–Kier alpha value is -2.64. The van der Waals surface area contributed by atoms with Crippen LogP contribution in [0.15, 0.2) is 18.6 Å². The summed E-state index contributed by atoms with van der Waals surface area (Å²) in [5, 5.41) is 15.3. The maximum atomic E-state index is 11.7. The molecule has 2 rings (SSSR count). The van der Waals surface area contributed by atoms with Crippen molar-refractivity contribution in [3.8, 4) is 0 Å². The first-order valence-electron chi connectivity index (χ1n) is 5.83. The van der Waals surface area contributed by atoms with Crippen LogP contribution in [0.3, 0.4) is 0 Å². The highest BCUT2D eigenvalue weighted by atomic mass is 16.6. The van der Waals surface area contributed by atoms with Crippen LogP contribution in [0.1, 0.15) is 31.1 Å². The monoisotopic (exact) mass is 278 g/mol. The van der Waals surface area contributed by atoms with Crippen LogP contribution in [0.5, 0.6) is 0 Å². The van der Waals surface area contributed by atoms with Gasteiger partial charge < -0.3 is 9.84 Å². The molecule has 2 aromatic heterocycles. The van der Waals surface area contributed by atoms with Crippen molar-refractivity contribution in [1.82, 2.24) is 14.6 Å². The molecule has 0 unspecified atom stereocenters. The molecule has 0 aliphatic heterocycles. The highest BCUT2D eigenvalue weighted by Gasteiger charge is 2.18. The van der Waals surface area contributed by atoms with E-state index >= 15 is 0 Å². The summed E-state index contributed by atoms with van der Waals surface area (Å²) in [6.45, 7) is 5.25. The summed E-state index contributed by atoms with van der Waals surface area (Å²) in [5.41, 5.74) is 0.0678. The number of aromatic nitrogens is 3. The number of ether oxygens (including phenoxy) is 1. The predicted octanol–water partition coefficient (Wildman–Crippen LogP) is 1.77. The molecule has 0 radical (unpaired) electrons. The number of carboxylic acid groups (broad SMARTS) is 1. The minimum absolute atomic E-state index is 0.00409. The van der Waals surface area contributed by atoms with E-state index in [4.69, 9.17) is 9.84 Å². The molecule has 8 heteroatoms. The van der Waals surface area contributed by atoms with Gasteiger partial charge in [0.1, 0.15) is 11.3 Å². The van der Waals surface area contributed by atoms with E-state index in [0.717, 1.165) is 0 Å². The molecule has 0 saturated carbocycles. The summed E-state index contributed by atoms with van der Waals surface area (Å²) in [4.78, 5) is 26.4. The quantitative estimate of drug-likeness (QED) is 0.867. The van der Waals surface area contributed by atoms with Crippen LogP contribution in [0.2, 0.25) is 0 Å². The van der Waals surface area contributed by atoms with Crippen LogP contribution in [0.4, 0.5) is 10.5 Å². The Morgan fingerprint density at radius 3 is 2.65 bits per heavy atom. The number of hydrogen-bond acceptors (Lipinski definition) is 5. The van der Waals surface area contributed by atoms with E-state index in [1.165, 1.54) is 23.1 Å². The number of nitrogens with one attached hydrogen (secondary N) is 1. The number of anilines is 1. The van der Waals surface area contributed by atoms with Gasteiger partial charge in [-0.1, -0.05) is 0 Å². The first-order chi connectivity index (χ1) is 9.26. The second-order valence-corrected chi connectivity index (χ2v) is 5.10. The third kappa shape index (κ3) is 3.02. The fraction of sp³-hybridized carbons (Fsp3) is 0.333. The van der Waals surface area contributed by atoms with E-state index in [1.807, 2.05) is 0 Å². The Labute approximate surface area is 114 Å².